The van der Waals surface area contributed by atoms with Crippen molar-refractivity contribution in [2.24, 2.45) is 0 Å². The van der Waals surface area contributed by atoms with Gasteiger partial charge in [-0.3, -0.25) is 5.43 Å². The molecule has 3 rings (SSSR count). The van der Waals surface area contributed by atoms with E-state index in [0.29, 0.717) is 5.56 Å². The maximum Gasteiger partial charge on any atom is 0.416 e. The van der Waals surface area contributed by atoms with Crippen LogP contribution in [0, 0.1) is 0 Å². The van der Waals surface area contributed by atoms with Crippen LogP contribution in [0.4, 0.5) is 19.2 Å². The molecule has 0 aliphatic carbocycles. The summed E-state index contributed by atoms with van der Waals surface area (Å²) in [5, 5.41) is -0.206. The third kappa shape index (κ3) is 4.00. The average molecular weight is 384 g/mol. The van der Waals surface area contributed by atoms with Crippen molar-refractivity contribution in [1.29, 1.82) is 0 Å². The van der Waals surface area contributed by atoms with Crippen LogP contribution in [0.25, 0.3) is 11.3 Å². The lowest BCUT2D eigenvalue weighted by Crippen LogP contribution is -2.30. The van der Waals surface area contributed by atoms with Crippen LogP contribution in [-0.4, -0.2) is 18.4 Å². The Morgan fingerprint density at radius 2 is 1.73 bits per heavy atom. The van der Waals surface area contributed by atoms with Gasteiger partial charge in [-0.1, -0.05) is 18.2 Å². The molecule has 0 radical (unpaired) electrons. The normalized spacial score (nSPS) is 12.1. The van der Waals surface area contributed by atoms with Crippen LogP contribution in [-0.2, 0) is 16.2 Å². The molecule has 2 heterocycles. The van der Waals surface area contributed by atoms with E-state index in [9.17, 15) is 21.6 Å². The maximum atomic E-state index is 12.6. The first-order valence-electron chi connectivity index (χ1n) is 7.08. The lowest BCUT2D eigenvalue weighted by atomic mass is 10.1. The Balaban J connectivity index is 1.70. The first kappa shape index (κ1) is 17.9. The number of aromatic nitrogens is 2. The predicted molar refractivity (Wildman–Crippen MR) is 85.1 cm³/mol. The van der Waals surface area contributed by atoms with Crippen LogP contribution in [0.1, 0.15) is 5.56 Å². The van der Waals surface area contributed by atoms with E-state index in [0.717, 1.165) is 12.1 Å². The summed E-state index contributed by atoms with van der Waals surface area (Å²) in [5.74, 6) is 0.165. The fourth-order valence-corrected chi connectivity index (χ4v) is 2.74. The fourth-order valence-electron chi connectivity index (χ4n) is 1.96. The molecule has 0 amide bonds. The van der Waals surface area contributed by atoms with Crippen molar-refractivity contribution in [1.82, 2.24) is 14.8 Å². The molecule has 0 bridgehead atoms. The molecule has 0 aliphatic rings. The Hall–Kier alpha value is -2.92. The van der Waals surface area contributed by atoms with Crippen LogP contribution >= 0.6 is 0 Å². The summed E-state index contributed by atoms with van der Waals surface area (Å²) in [6.45, 7) is 0. The minimum atomic E-state index is -4.43. The lowest BCUT2D eigenvalue weighted by Gasteiger charge is -2.06. The predicted octanol–water partition coefficient (Wildman–Crippen LogP) is 3.06. The highest BCUT2D eigenvalue weighted by atomic mass is 32.2. The summed E-state index contributed by atoms with van der Waals surface area (Å²) >= 11 is 0. The van der Waals surface area contributed by atoms with Gasteiger partial charge >= 0.3 is 12.2 Å². The summed E-state index contributed by atoms with van der Waals surface area (Å²) in [7, 11) is -3.93. The Kier molecular flexibility index (Phi) is 4.66. The summed E-state index contributed by atoms with van der Waals surface area (Å²) in [4.78, 5) is 9.56. The van der Waals surface area contributed by atoms with Crippen LogP contribution in [0.3, 0.4) is 0 Å². The molecule has 1 aromatic carbocycles. The zero-order valence-corrected chi connectivity index (χ0v) is 13.7. The van der Waals surface area contributed by atoms with E-state index < -0.39 is 21.8 Å². The first-order valence-corrected chi connectivity index (χ1v) is 8.56. The van der Waals surface area contributed by atoms with Crippen molar-refractivity contribution in [3.8, 4) is 11.3 Å². The van der Waals surface area contributed by atoms with Crippen molar-refractivity contribution in [2.45, 2.75) is 11.2 Å². The number of rotatable bonds is 5. The number of nitrogens with zero attached hydrogens (tertiary/aromatic N) is 2. The van der Waals surface area contributed by atoms with Gasteiger partial charge in [-0.15, -0.1) is 4.83 Å². The fraction of sp³-hybridized carbons (Fsp3) is 0.0667. The van der Waals surface area contributed by atoms with E-state index in [1.165, 1.54) is 36.7 Å². The monoisotopic (exact) mass is 384 g/mol. The number of oxazole rings is 1. The molecule has 7 nitrogen and oxygen atoms in total. The number of hydrazine groups is 1. The van der Waals surface area contributed by atoms with Gasteiger partial charge in [-0.25, -0.2) is 18.4 Å². The highest BCUT2D eigenvalue weighted by Crippen LogP contribution is 2.31. The van der Waals surface area contributed by atoms with Crippen LogP contribution in [0.2, 0.25) is 0 Å². The van der Waals surface area contributed by atoms with Gasteiger partial charge in [0.25, 0.3) is 10.0 Å². The van der Waals surface area contributed by atoms with Crippen molar-refractivity contribution in [2.75, 3.05) is 5.43 Å². The van der Waals surface area contributed by atoms with Crippen molar-refractivity contribution >= 4 is 16.0 Å². The number of benzene rings is 1. The molecule has 0 unspecified atom stereocenters. The molecule has 11 heteroatoms. The molecule has 26 heavy (non-hydrogen) atoms. The number of alkyl halides is 3. The molecule has 0 aliphatic heterocycles. The molecule has 3 aromatic rings. The van der Waals surface area contributed by atoms with Crippen molar-refractivity contribution < 1.29 is 26.0 Å². The third-order valence-electron chi connectivity index (χ3n) is 3.21. The smallest absolute Gasteiger partial charge is 0.416 e. The van der Waals surface area contributed by atoms with Gasteiger partial charge in [-0.2, -0.15) is 13.2 Å². The summed E-state index contributed by atoms with van der Waals surface area (Å²) in [6.07, 6.45) is -1.86. The van der Waals surface area contributed by atoms with E-state index in [2.05, 4.69) is 15.4 Å². The number of nitrogens with one attached hydrogen (secondary N) is 2. The topological polar surface area (TPSA) is 97.1 Å². The molecular weight excluding hydrogens is 373 g/mol. The highest BCUT2D eigenvalue weighted by Gasteiger charge is 2.30. The van der Waals surface area contributed by atoms with Gasteiger partial charge in [-0.05, 0) is 24.3 Å². The summed E-state index contributed by atoms with van der Waals surface area (Å²) in [5.41, 5.74) is 1.84. The number of anilines is 1. The van der Waals surface area contributed by atoms with E-state index in [1.54, 1.807) is 6.07 Å². The Bertz CT molecular complexity index is 987. The van der Waals surface area contributed by atoms with E-state index in [4.69, 9.17) is 4.42 Å². The third-order valence-corrected chi connectivity index (χ3v) is 4.37. The van der Waals surface area contributed by atoms with E-state index >= 15 is 0 Å². The van der Waals surface area contributed by atoms with Gasteiger partial charge in [0.1, 0.15) is 0 Å². The minimum Gasteiger partial charge on any atom is -0.423 e. The number of sulfonamides is 1. The zero-order chi connectivity index (χ0) is 18.8. The molecule has 0 spiro atoms. The molecule has 0 saturated carbocycles. The number of hydrogen-bond donors (Lipinski definition) is 2. The standard InChI is InChI=1S/C15H11F3N4O3S/c16-15(17,18)11-6-4-10(5-7-11)12-9-20-14(25-12)21-22-26(23,24)13-3-1-2-8-19-13/h1-9,22H,(H,20,21). The first-order chi connectivity index (χ1) is 12.3. The molecule has 2 N–H and O–H groups in total. The van der Waals surface area contributed by atoms with Gasteiger partial charge in [0.05, 0.1) is 11.8 Å². The number of pyridine rings is 1. The van der Waals surface area contributed by atoms with Gasteiger partial charge in [0, 0.05) is 11.8 Å². The number of halogens is 3. The molecular formula is C15H11F3N4O3S. The number of hydrogen-bond acceptors (Lipinski definition) is 6. The van der Waals surface area contributed by atoms with Crippen LogP contribution in [0.15, 0.2) is 64.3 Å². The second kappa shape index (κ2) is 6.77. The maximum absolute atomic E-state index is 12.6. The highest BCUT2D eigenvalue weighted by molar-refractivity contribution is 7.89. The SMILES string of the molecule is O=S(=O)(NNc1ncc(-c2ccc(C(F)(F)F)cc2)o1)c1ccccn1. The molecule has 0 atom stereocenters. The minimum absolute atomic E-state index is 0.165. The van der Waals surface area contributed by atoms with Crippen LogP contribution < -0.4 is 10.3 Å². The Morgan fingerprint density at radius 1 is 1.00 bits per heavy atom. The molecule has 0 fully saturated rings. The summed E-state index contributed by atoms with van der Waals surface area (Å²) < 4.78 is 67.0. The van der Waals surface area contributed by atoms with E-state index in [-0.39, 0.29) is 16.8 Å². The lowest BCUT2D eigenvalue weighted by molar-refractivity contribution is -0.137. The van der Waals surface area contributed by atoms with Gasteiger partial charge < -0.3 is 4.42 Å². The molecule has 2 aromatic heterocycles. The second-order valence-corrected chi connectivity index (χ2v) is 6.63. The average Bonchev–Trinajstić information content (AvgIpc) is 3.09. The van der Waals surface area contributed by atoms with Gasteiger partial charge in [0.15, 0.2) is 10.8 Å². The Morgan fingerprint density at radius 3 is 2.35 bits per heavy atom. The zero-order valence-electron chi connectivity index (χ0n) is 12.9. The second-order valence-electron chi connectivity index (χ2n) is 5.00. The largest absolute Gasteiger partial charge is 0.423 e. The summed E-state index contributed by atoms with van der Waals surface area (Å²) in [6, 6.07) is 8.47. The Labute approximate surface area is 145 Å². The molecule has 136 valence electrons. The van der Waals surface area contributed by atoms with E-state index in [1.807, 2.05) is 4.83 Å². The van der Waals surface area contributed by atoms with Crippen molar-refractivity contribution in [3.63, 3.8) is 0 Å². The van der Waals surface area contributed by atoms with Crippen molar-refractivity contribution in [3.05, 3.63) is 60.4 Å². The van der Waals surface area contributed by atoms with Gasteiger partial charge in [0.2, 0.25) is 0 Å². The quantitative estimate of drug-likeness (QED) is 0.657. The molecule has 0 saturated heterocycles. The van der Waals surface area contributed by atoms with Crippen LogP contribution in [0.5, 0.6) is 0 Å².